The summed E-state index contributed by atoms with van der Waals surface area (Å²) in [7, 11) is 0. The minimum absolute atomic E-state index is 0.148. The summed E-state index contributed by atoms with van der Waals surface area (Å²) in [5.74, 6) is 0. The summed E-state index contributed by atoms with van der Waals surface area (Å²) < 4.78 is 0. The zero-order valence-electron chi connectivity index (χ0n) is 12.1. The fourth-order valence-corrected chi connectivity index (χ4v) is 3.34. The van der Waals surface area contributed by atoms with Gasteiger partial charge in [-0.15, -0.1) is 0 Å². The number of aliphatic hydroxyl groups excluding tert-OH is 1. The van der Waals surface area contributed by atoms with E-state index in [0.717, 1.165) is 18.5 Å². The lowest BCUT2D eigenvalue weighted by molar-refractivity contribution is 0.0233. The zero-order valence-corrected chi connectivity index (χ0v) is 12.1. The predicted octanol–water partition coefficient (Wildman–Crippen LogP) is 3.85. The van der Waals surface area contributed by atoms with Gasteiger partial charge in [0.2, 0.25) is 0 Å². The van der Waals surface area contributed by atoms with Crippen molar-refractivity contribution in [3.05, 3.63) is 65.0 Å². The molecule has 104 valence electrons. The van der Waals surface area contributed by atoms with Crippen LogP contribution in [0.25, 0.3) is 0 Å². The van der Waals surface area contributed by atoms with Gasteiger partial charge in [-0.05, 0) is 49.9 Å². The molecule has 2 aromatic rings. The molecule has 2 nitrogen and oxygen atoms in total. The van der Waals surface area contributed by atoms with Crippen molar-refractivity contribution in [2.24, 2.45) is 0 Å². The maximum Gasteiger partial charge on any atom is 0.106 e. The molecule has 0 saturated heterocycles. The van der Waals surface area contributed by atoms with E-state index in [2.05, 4.69) is 37.0 Å². The van der Waals surface area contributed by atoms with Crippen molar-refractivity contribution in [3.8, 4) is 0 Å². The first-order chi connectivity index (χ1) is 9.63. The number of aryl methyl sites for hydroxylation is 2. The zero-order chi connectivity index (χ0) is 14.2. The van der Waals surface area contributed by atoms with E-state index in [1.165, 1.54) is 23.1 Å². The van der Waals surface area contributed by atoms with E-state index >= 15 is 0 Å². The Kier molecular flexibility index (Phi) is 3.35. The molecule has 1 unspecified atom stereocenters. The smallest absolute Gasteiger partial charge is 0.106 e. The van der Waals surface area contributed by atoms with Crippen LogP contribution in [0, 0.1) is 13.8 Å². The number of rotatable bonds is 3. The van der Waals surface area contributed by atoms with Gasteiger partial charge in [0.05, 0.1) is 5.69 Å². The lowest BCUT2D eigenvalue weighted by atomic mass is 9.59. The molecular formula is C18H21NO. The van der Waals surface area contributed by atoms with Crippen LogP contribution in [0.1, 0.15) is 47.8 Å². The standard InChI is InChI=1S/C18H21NO/c1-13-7-8-14(2)15(12-13)18(9-5-10-18)17(20)16-6-3-4-11-19-16/h3-4,6-8,11-12,17,20H,5,9-10H2,1-2H3. The number of nitrogens with zero attached hydrogens (tertiary/aromatic N) is 1. The number of aliphatic hydroxyl groups is 1. The van der Waals surface area contributed by atoms with E-state index in [4.69, 9.17) is 0 Å². The topological polar surface area (TPSA) is 33.1 Å². The van der Waals surface area contributed by atoms with Crippen molar-refractivity contribution < 1.29 is 5.11 Å². The molecule has 1 fully saturated rings. The first kappa shape index (κ1) is 13.3. The normalized spacial score (nSPS) is 18.4. The van der Waals surface area contributed by atoms with Crippen LogP contribution in [0.2, 0.25) is 0 Å². The second-order valence-electron chi connectivity index (χ2n) is 5.99. The number of hydrogen-bond donors (Lipinski definition) is 1. The summed E-state index contributed by atoms with van der Waals surface area (Å²) in [6.45, 7) is 4.25. The Morgan fingerprint density at radius 3 is 2.55 bits per heavy atom. The third kappa shape index (κ3) is 2.04. The Bertz CT molecular complexity index is 602. The van der Waals surface area contributed by atoms with Gasteiger partial charge < -0.3 is 5.11 Å². The molecule has 1 saturated carbocycles. The van der Waals surface area contributed by atoms with Crippen molar-refractivity contribution in [1.29, 1.82) is 0 Å². The average molecular weight is 267 g/mol. The molecule has 1 atom stereocenters. The third-order valence-corrected chi connectivity index (χ3v) is 4.67. The Morgan fingerprint density at radius 1 is 1.15 bits per heavy atom. The Balaban J connectivity index is 2.05. The SMILES string of the molecule is Cc1ccc(C)c(C2(C(O)c3ccccn3)CCC2)c1. The van der Waals surface area contributed by atoms with Gasteiger partial charge in [0.15, 0.2) is 0 Å². The molecule has 0 aliphatic heterocycles. The van der Waals surface area contributed by atoms with E-state index in [-0.39, 0.29) is 5.41 Å². The molecule has 0 spiro atoms. The van der Waals surface area contributed by atoms with E-state index in [1.807, 2.05) is 18.2 Å². The second kappa shape index (κ2) is 5.02. The second-order valence-corrected chi connectivity index (χ2v) is 5.99. The van der Waals surface area contributed by atoms with Crippen molar-refractivity contribution in [3.63, 3.8) is 0 Å². The van der Waals surface area contributed by atoms with Crippen molar-refractivity contribution >= 4 is 0 Å². The highest BCUT2D eigenvalue weighted by Gasteiger charge is 2.46. The molecule has 2 heteroatoms. The molecule has 1 N–H and O–H groups in total. The van der Waals surface area contributed by atoms with Crippen LogP contribution in [0.15, 0.2) is 42.6 Å². The van der Waals surface area contributed by atoms with Crippen LogP contribution < -0.4 is 0 Å². The van der Waals surface area contributed by atoms with Crippen molar-refractivity contribution in [2.45, 2.75) is 44.6 Å². The van der Waals surface area contributed by atoms with E-state index < -0.39 is 6.10 Å². The van der Waals surface area contributed by atoms with Crippen LogP contribution in [-0.4, -0.2) is 10.1 Å². The highest BCUT2D eigenvalue weighted by atomic mass is 16.3. The molecular weight excluding hydrogens is 246 g/mol. The molecule has 0 bridgehead atoms. The van der Waals surface area contributed by atoms with Gasteiger partial charge in [-0.1, -0.05) is 36.2 Å². The van der Waals surface area contributed by atoms with Gasteiger partial charge in [0.25, 0.3) is 0 Å². The van der Waals surface area contributed by atoms with E-state index in [1.54, 1.807) is 6.20 Å². The van der Waals surface area contributed by atoms with Gasteiger partial charge in [-0.3, -0.25) is 4.98 Å². The first-order valence-electron chi connectivity index (χ1n) is 7.30. The molecule has 20 heavy (non-hydrogen) atoms. The summed E-state index contributed by atoms with van der Waals surface area (Å²) in [5.41, 5.74) is 4.45. The fraction of sp³-hybridized carbons (Fsp3) is 0.389. The monoisotopic (exact) mass is 267 g/mol. The van der Waals surface area contributed by atoms with Gasteiger partial charge >= 0.3 is 0 Å². The first-order valence-corrected chi connectivity index (χ1v) is 7.30. The summed E-state index contributed by atoms with van der Waals surface area (Å²) in [5, 5.41) is 10.9. The van der Waals surface area contributed by atoms with Crippen molar-refractivity contribution in [1.82, 2.24) is 4.98 Å². The number of benzene rings is 1. The maximum absolute atomic E-state index is 10.9. The van der Waals surface area contributed by atoms with Crippen LogP contribution in [0.4, 0.5) is 0 Å². The molecule has 3 rings (SSSR count). The largest absolute Gasteiger partial charge is 0.386 e. The number of aromatic nitrogens is 1. The predicted molar refractivity (Wildman–Crippen MR) is 80.6 cm³/mol. The molecule has 1 aliphatic rings. The molecule has 0 radical (unpaired) electrons. The fourth-order valence-electron chi connectivity index (χ4n) is 3.34. The quantitative estimate of drug-likeness (QED) is 0.916. The van der Waals surface area contributed by atoms with Gasteiger partial charge in [0, 0.05) is 11.6 Å². The summed E-state index contributed by atoms with van der Waals surface area (Å²) in [6, 6.07) is 12.3. The van der Waals surface area contributed by atoms with E-state index in [9.17, 15) is 5.11 Å². The molecule has 1 aromatic heterocycles. The Labute approximate surface area is 120 Å². The highest BCUT2D eigenvalue weighted by molar-refractivity contribution is 5.40. The highest BCUT2D eigenvalue weighted by Crippen LogP contribution is 2.52. The summed E-state index contributed by atoms with van der Waals surface area (Å²) in [6.07, 6.45) is 4.49. The Morgan fingerprint density at radius 2 is 1.95 bits per heavy atom. The molecule has 1 aromatic carbocycles. The Hall–Kier alpha value is -1.67. The van der Waals surface area contributed by atoms with Crippen LogP contribution in [-0.2, 0) is 5.41 Å². The van der Waals surface area contributed by atoms with Crippen molar-refractivity contribution in [2.75, 3.05) is 0 Å². The minimum atomic E-state index is -0.516. The number of hydrogen-bond acceptors (Lipinski definition) is 2. The summed E-state index contributed by atoms with van der Waals surface area (Å²) in [4.78, 5) is 4.35. The van der Waals surface area contributed by atoms with Crippen LogP contribution in [0.3, 0.4) is 0 Å². The minimum Gasteiger partial charge on any atom is -0.386 e. The van der Waals surface area contributed by atoms with E-state index in [0.29, 0.717) is 0 Å². The van der Waals surface area contributed by atoms with Crippen LogP contribution in [0.5, 0.6) is 0 Å². The maximum atomic E-state index is 10.9. The van der Waals surface area contributed by atoms with Crippen LogP contribution >= 0.6 is 0 Å². The average Bonchev–Trinajstić information content (AvgIpc) is 2.42. The lowest BCUT2D eigenvalue weighted by Gasteiger charge is -2.46. The third-order valence-electron chi connectivity index (χ3n) is 4.67. The van der Waals surface area contributed by atoms with Gasteiger partial charge in [0.1, 0.15) is 6.10 Å². The van der Waals surface area contributed by atoms with Gasteiger partial charge in [-0.2, -0.15) is 0 Å². The van der Waals surface area contributed by atoms with Gasteiger partial charge in [-0.25, -0.2) is 0 Å². The molecule has 1 aliphatic carbocycles. The number of pyridine rings is 1. The molecule has 0 amide bonds. The molecule has 1 heterocycles. The lowest BCUT2D eigenvalue weighted by Crippen LogP contribution is -2.41. The summed E-state index contributed by atoms with van der Waals surface area (Å²) >= 11 is 0.